The van der Waals surface area contributed by atoms with E-state index in [1.807, 2.05) is 4.90 Å². The van der Waals surface area contributed by atoms with Crippen LogP contribution in [0, 0.1) is 17.5 Å². The van der Waals surface area contributed by atoms with Crippen LogP contribution in [0.15, 0.2) is 36.7 Å². The maximum atomic E-state index is 14.0. The summed E-state index contributed by atoms with van der Waals surface area (Å²) in [4.78, 5) is 15.7. The molecule has 2 aliphatic heterocycles. The average Bonchev–Trinajstić information content (AvgIpc) is 3.41. The van der Waals surface area contributed by atoms with Gasteiger partial charge in [-0.2, -0.15) is 10.2 Å². The van der Waals surface area contributed by atoms with Crippen LogP contribution >= 0.6 is 0 Å². The van der Waals surface area contributed by atoms with E-state index in [1.54, 1.807) is 47.9 Å². The predicted molar refractivity (Wildman–Crippen MR) is 121 cm³/mol. The number of carbonyl (C=O) groups excluding carboxylic acids is 1. The molecule has 180 valence electrons. The predicted octanol–water partition coefficient (Wildman–Crippen LogP) is 4.45. The number of piperidine rings is 1. The lowest BCUT2D eigenvalue weighted by molar-refractivity contribution is 0.0394. The number of aryl methyl sites for hydroxylation is 1. The Morgan fingerprint density at radius 1 is 1.14 bits per heavy atom. The van der Waals surface area contributed by atoms with E-state index >= 15 is 0 Å². The largest absolute Gasteiger partial charge is 0.495 e. The molecular formula is C25H22F3N5O2. The molecule has 10 heteroatoms. The average molecular weight is 481 g/mol. The standard InChI is InChI=1S/C25H22F3N5O2/c1-31-24(13-8-18(26)22(28)19(27)9-13)16-10-14-4-3-5-21(23(16)30-31)33(14)25(34)17-11-29-32-12-15(35-2)6-7-20(17)32/h6-9,11-12,14,21H,3-5,10H2,1-2H3/t14-,21+/m0/s1. The van der Waals surface area contributed by atoms with E-state index in [0.717, 1.165) is 42.7 Å². The SMILES string of the molecule is COc1ccc2c(C(=O)N3[C@H]4CCC[C@@H]3c3nn(C)c(-c5cc(F)c(F)c(F)c5)c3C4)cnn2c1. The van der Waals surface area contributed by atoms with Gasteiger partial charge in [0.2, 0.25) is 0 Å². The number of amides is 1. The molecule has 1 amide bonds. The minimum atomic E-state index is -1.50. The summed E-state index contributed by atoms with van der Waals surface area (Å²) in [6, 6.07) is 5.22. The Balaban J connectivity index is 1.42. The van der Waals surface area contributed by atoms with E-state index < -0.39 is 17.5 Å². The molecule has 35 heavy (non-hydrogen) atoms. The smallest absolute Gasteiger partial charge is 0.258 e. The third kappa shape index (κ3) is 3.23. The van der Waals surface area contributed by atoms with Crippen molar-refractivity contribution < 1.29 is 22.7 Å². The maximum Gasteiger partial charge on any atom is 0.258 e. The van der Waals surface area contributed by atoms with Crippen LogP contribution in [0.4, 0.5) is 13.2 Å². The molecule has 1 fully saturated rings. The zero-order valence-corrected chi connectivity index (χ0v) is 19.1. The number of pyridine rings is 1. The molecule has 7 nitrogen and oxygen atoms in total. The van der Waals surface area contributed by atoms with Gasteiger partial charge >= 0.3 is 0 Å². The first kappa shape index (κ1) is 21.7. The third-order valence-electron chi connectivity index (χ3n) is 7.12. The number of aromatic nitrogens is 4. The number of hydrogen-bond acceptors (Lipinski definition) is 4. The summed E-state index contributed by atoms with van der Waals surface area (Å²) in [5.41, 5.74) is 3.51. The molecule has 2 aliphatic rings. The zero-order chi connectivity index (χ0) is 24.4. The number of halogens is 3. The Labute approximate surface area is 198 Å². The van der Waals surface area contributed by atoms with Gasteiger partial charge in [0.05, 0.1) is 48.0 Å². The van der Waals surface area contributed by atoms with Crippen LogP contribution in [0.2, 0.25) is 0 Å². The summed E-state index contributed by atoms with van der Waals surface area (Å²) in [5.74, 6) is -3.48. The highest BCUT2D eigenvalue weighted by atomic mass is 19.2. The maximum absolute atomic E-state index is 14.0. The van der Waals surface area contributed by atoms with Gasteiger partial charge in [0, 0.05) is 24.2 Å². The van der Waals surface area contributed by atoms with Crippen LogP contribution in [-0.4, -0.2) is 43.4 Å². The lowest BCUT2D eigenvalue weighted by atomic mass is 9.81. The number of rotatable bonds is 3. The fraction of sp³-hybridized carbons (Fsp3) is 0.320. The summed E-state index contributed by atoms with van der Waals surface area (Å²) in [5, 5.41) is 9.01. The van der Waals surface area contributed by atoms with Crippen LogP contribution in [0.5, 0.6) is 5.75 Å². The van der Waals surface area contributed by atoms with E-state index in [4.69, 9.17) is 4.74 Å². The van der Waals surface area contributed by atoms with Crippen molar-refractivity contribution in [1.82, 2.24) is 24.3 Å². The first-order chi connectivity index (χ1) is 16.9. The van der Waals surface area contributed by atoms with E-state index in [9.17, 15) is 18.0 Å². The van der Waals surface area contributed by atoms with E-state index in [-0.39, 0.29) is 23.6 Å². The van der Waals surface area contributed by atoms with E-state index in [1.165, 1.54) is 0 Å². The molecule has 4 aromatic rings. The molecule has 0 N–H and O–H groups in total. The molecule has 5 heterocycles. The number of ether oxygens (including phenoxy) is 1. The molecule has 1 aromatic carbocycles. The molecule has 2 atom stereocenters. The van der Waals surface area contributed by atoms with Gasteiger partial charge in [-0.05, 0) is 49.9 Å². The summed E-state index contributed by atoms with van der Waals surface area (Å²) >= 11 is 0. The molecule has 2 bridgehead atoms. The van der Waals surface area contributed by atoms with Gasteiger partial charge < -0.3 is 9.64 Å². The molecule has 1 saturated heterocycles. The molecule has 0 aliphatic carbocycles. The summed E-state index contributed by atoms with van der Waals surface area (Å²) in [7, 11) is 3.26. The monoisotopic (exact) mass is 481 g/mol. The number of nitrogens with zero attached hydrogens (tertiary/aromatic N) is 5. The molecule has 6 rings (SSSR count). The van der Waals surface area contributed by atoms with Crippen LogP contribution in [-0.2, 0) is 13.5 Å². The molecule has 0 spiro atoms. The lowest BCUT2D eigenvalue weighted by Crippen LogP contribution is -2.49. The summed E-state index contributed by atoms with van der Waals surface area (Å²) < 4.78 is 50.0. The van der Waals surface area contributed by atoms with Gasteiger partial charge in [-0.15, -0.1) is 0 Å². The highest BCUT2D eigenvalue weighted by Gasteiger charge is 2.44. The first-order valence-electron chi connectivity index (χ1n) is 11.4. The quantitative estimate of drug-likeness (QED) is 0.406. The molecule has 0 radical (unpaired) electrons. The van der Waals surface area contributed by atoms with Crippen LogP contribution in [0.3, 0.4) is 0 Å². The van der Waals surface area contributed by atoms with Crippen molar-refractivity contribution in [3.05, 3.63) is 70.9 Å². The molecule has 0 saturated carbocycles. The topological polar surface area (TPSA) is 64.7 Å². The van der Waals surface area contributed by atoms with Gasteiger partial charge in [0.1, 0.15) is 5.75 Å². The second-order valence-corrected chi connectivity index (χ2v) is 9.06. The Morgan fingerprint density at radius 3 is 2.66 bits per heavy atom. The molecular weight excluding hydrogens is 459 g/mol. The number of carbonyl (C=O) groups is 1. The van der Waals surface area contributed by atoms with Crippen LogP contribution in [0.1, 0.15) is 46.9 Å². The highest BCUT2D eigenvalue weighted by molar-refractivity contribution is 6.01. The normalized spacial score (nSPS) is 19.2. The molecule has 3 aromatic heterocycles. The van der Waals surface area contributed by atoms with E-state index in [2.05, 4.69) is 10.2 Å². The van der Waals surface area contributed by atoms with Gasteiger partial charge in [-0.1, -0.05) is 0 Å². The van der Waals surface area contributed by atoms with Crippen LogP contribution < -0.4 is 4.74 Å². The van der Waals surface area contributed by atoms with Gasteiger partial charge in [0.15, 0.2) is 17.5 Å². The summed E-state index contributed by atoms with van der Waals surface area (Å²) in [6.45, 7) is 0. The van der Waals surface area contributed by atoms with Gasteiger partial charge in [-0.3, -0.25) is 9.48 Å². The van der Waals surface area contributed by atoms with Crippen molar-refractivity contribution in [1.29, 1.82) is 0 Å². The highest BCUT2D eigenvalue weighted by Crippen LogP contribution is 2.45. The number of hydrogen-bond donors (Lipinski definition) is 0. The fourth-order valence-electron chi connectivity index (χ4n) is 5.59. The van der Waals surface area contributed by atoms with Crippen molar-refractivity contribution in [2.45, 2.75) is 37.8 Å². The Morgan fingerprint density at radius 2 is 1.91 bits per heavy atom. The third-order valence-corrected chi connectivity index (χ3v) is 7.12. The Hall–Kier alpha value is -3.82. The number of methoxy groups -OCH3 is 1. The van der Waals surface area contributed by atoms with Crippen molar-refractivity contribution in [2.75, 3.05) is 7.11 Å². The second-order valence-electron chi connectivity index (χ2n) is 9.06. The lowest BCUT2D eigenvalue weighted by Gasteiger charge is -2.45. The Bertz CT molecular complexity index is 1470. The van der Waals surface area contributed by atoms with E-state index in [0.29, 0.717) is 28.9 Å². The molecule has 0 unspecified atom stereocenters. The zero-order valence-electron chi connectivity index (χ0n) is 19.1. The Kier molecular flexibility index (Phi) is 4.87. The van der Waals surface area contributed by atoms with Crippen molar-refractivity contribution in [3.8, 4) is 17.0 Å². The van der Waals surface area contributed by atoms with Crippen molar-refractivity contribution >= 4 is 11.4 Å². The minimum absolute atomic E-state index is 0.0972. The van der Waals surface area contributed by atoms with Gasteiger partial charge in [-0.25, -0.2) is 17.7 Å². The first-order valence-corrected chi connectivity index (χ1v) is 11.4. The summed E-state index contributed by atoms with van der Waals surface area (Å²) in [6.07, 6.45) is 6.24. The second kappa shape index (κ2) is 7.86. The number of benzene rings is 1. The minimum Gasteiger partial charge on any atom is -0.495 e. The fourth-order valence-corrected chi connectivity index (χ4v) is 5.59. The number of fused-ring (bicyclic) bond motifs is 5. The van der Waals surface area contributed by atoms with Crippen molar-refractivity contribution in [3.63, 3.8) is 0 Å². The van der Waals surface area contributed by atoms with Gasteiger partial charge in [0.25, 0.3) is 5.91 Å². The van der Waals surface area contributed by atoms with Crippen molar-refractivity contribution in [2.24, 2.45) is 7.05 Å². The van der Waals surface area contributed by atoms with Crippen LogP contribution in [0.25, 0.3) is 16.8 Å².